The first-order valence-electron chi connectivity index (χ1n) is 5.45. The molecule has 2 aromatic rings. The molecule has 4 heteroatoms. The molecule has 17 heavy (non-hydrogen) atoms. The van der Waals surface area contributed by atoms with Crippen molar-refractivity contribution in [2.75, 3.05) is 12.4 Å². The molecular formula is C13H15N3O. The van der Waals surface area contributed by atoms with Crippen molar-refractivity contribution in [1.29, 1.82) is 0 Å². The zero-order chi connectivity index (χ0) is 12.1. The molecule has 1 N–H and O–H groups in total. The maximum atomic E-state index is 5.04. The third kappa shape index (κ3) is 2.93. The first-order valence-corrected chi connectivity index (χ1v) is 5.45. The number of anilines is 1. The number of rotatable bonds is 4. The van der Waals surface area contributed by atoms with Crippen LogP contribution in [0.25, 0.3) is 0 Å². The number of hydrogen-bond acceptors (Lipinski definition) is 4. The van der Waals surface area contributed by atoms with Crippen LogP contribution < -0.4 is 10.1 Å². The molecule has 0 fully saturated rings. The predicted molar refractivity (Wildman–Crippen MR) is 67.1 cm³/mol. The highest BCUT2D eigenvalue weighted by molar-refractivity contribution is 5.32. The largest absolute Gasteiger partial charge is 0.481 e. The first-order chi connectivity index (χ1) is 8.29. The highest BCUT2D eigenvalue weighted by atomic mass is 16.5. The van der Waals surface area contributed by atoms with Crippen molar-refractivity contribution < 1.29 is 4.74 Å². The van der Waals surface area contributed by atoms with E-state index in [1.54, 1.807) is 19.4 Å². The van der Waals surface area contributed by atoms with Crippen LogP contribution in [0.5, 0.6) is 5.88 Å². The standard InChI is InChI=1S/C13H15N3O/c1-10-5-3-4-6-11(10)9-15-13-14-8-7-12(16-13)17-2/h3-8H,9H2,1-2H3,(H,14,15,16). The van der Waals surface area contributed by atoms with Gasteiger partial charge in [-0.25, -0.2) is 4.98 Å². The summed E-state index contributed by atoms with van der Waals surface area (Å²) in [6, 6.07) is 9.95. The number of nitrogens with one attached hydrogen (secondary N) is 1. The Hall–Kier alpha value is -2.10. The van der Waals surface area contributed by atoms with E-state index in [1.165, 1.54) is 11.1 Å². The molecule has 0 spiro atoms. The van der Waals surface area contributed by atoms with Crippen LogP contribution in [0, 0.1) is 6.92 Å². The smallest absolute Gasteiger partial charge is 0.226 e. The van der Waals surface area contributed by atoms with Crippen LogP contribution in [0.2, 0.25) is 0 Å². The third-order valence-electron chi connectivity index (χ3n) is 2.54. The number of benzene rings is 1. The summed E-state index contributed by atoms with van der Waals surface area (Å²) in [6.07, 6.45) is 1.67. The molecule has 2 rings (SSSR count). The van der Waals surface area contributed by atoms with E-state index in [1.807, 2.05) is 12.1 Å². The Balaban J connectivity index is 2.05. The van der Waals surface area contributed by atoms with Crippen LogP contribution >= 0.6 is 0 Å². The number of ether oxygens (including phenoxy) is 1. The fourth-order valence-electron chi connectivity index (χ4n) is 1.52. The lowest BCUT2D eigenvalue weighted by Crippen LogP contribution is -2.05. The number of nitrogens with zero attached hydrogens (tertiary/aromatic N) is 2. The summed E-state index contributed by atoms with van der Waals surface area (Å²) in [4.78, 5) is 8.32. The number of aryl methyl sites for hydroxylation is 1. The zero-order valence-corrected chi connectivity index (χ0v) is 9.97. The summed E-state index contributed by atoms with van der Waals surface area (Å²) in [5.74, 6) is 1.14. The topological polar surface area (TPSA) is 47.0 Å². The quantitative estimate of drug-likeness (QED) is 0.874. The number of hydrogen-bond donors (Lipinski definition) is 1. The lowest BCUT2D eigenvalue weighted by molar-refractivity contribution is 0.397. The van der Waals surface area contributed by atoms with E-state index >= 15 is 0 Å². The van der Waals surface area contributed by atoms with Gasteiger partial charge in [-0.05, 0) is 18.1 Å². The fourth-order valence-corrected chi connectivity index (χ4v) is 1.52. The van der Waals surface area contributed by atoms with Crippen molar-refractivity contribution in [2.45, 2.75) is 13.5 Å². The van der Waals surface area contributed by atoms with Crippen LogP contribution in [0.3, 0.4) is 0 Å². The van der Waals surface area contributed by atoms with Crippen molar-refractivity contribution in [3.63, 3.8) is 0 Å². The monoisotopic (exact) mass is 229 g/mol. The Morgan fingerprint density at radius 3 is 2.82 bits per heavy atom. The van der Waals surface area contributed by atoms with Gasteiger partial charge in [-0.1, -0.05) is 24.3 Å². The molecular weight excluding hydrogens is 214 g/mol. The summed E-state index contributed by atoms with van der Waals surface area (Å²) in [7, 11) is 1.59. The van der Waals surface area contributed by atoms with Gasteiger partial charge < -0.3 is 10.1 Å². The molecule has 0 aliphatic heterocycles. The molecule has 0 saturated carbocycles. The van der Waals surface area contributed by atoms with E-state index in [0.717, 1.165) is 0 Å². The molecule has 0 aliphatic rings. The summed E-state index contributed by atoms with van der Waals surface area (Å²) in [6.45, 7) is 2.79. The summed E-state index contributed by atoms with van der Waals surface area (Å²) in [5.41, 5.74) is 2.49. The molecule has 88 valence electrons. The van der Waals surface area contributed by atoms with Gasteiger partial charge in [-0.2, -0.15) is 4.98 Å². The molecule has 1 heterocycles. The molecule has 0 saturated heterocycles. The zero-order valence-electron chi connectivity index (χ0n) is 9.97. The van der Waals surface area contributed by atoms with E-state index in [2.05, 4.69) is 34.3 Å². The molecule has 1 aromatic heterocycles. The Morgan fingerprint density at radius 2 is 2.06 bits per heavy atom. The summed E-state index contributed by atoms with van der Waals surface area (Å²) >= 11 is 0. The van der Waals surface area contributed by atoms with Gasteiger partial charge in [0.05, 0.1) is 7.11 Å². The average molecular weight is 229 g/mol. The normalized spacial score (nSPS) is 10.0. The van der Waals surface area contributed by atoms with Crippen molar-refractivity contribution in [1.82, 2.24) is 9.97 Å². The molecule has 0 unspecified atom stereocenters. The Bertz CT molecular complexity index is 500. The number of methoxy groups -OCH3 is 1. The van der Waals surface area contributed by atoms with Crippen LogP contribution in [0.15, 0.2) is 36.5 Å². The van der Waals surface area contributed by atoms with Crippen molar-refractivity contribution >= 4 is 5.95 Å². The lowest BCUT2D eigenvalue weighted by Gasteiger charge is -2.07. The van der Waals surface area contributed by atoms with Gasteiger partial charge in [0.1, 0.15) is 0 Å². The average Bonchev–Trinajstić information content (AvgIpc) is 2.38. The minimum atomic E-state index is 0.562. The van der Waals surface area contributed by atoms with E-state index < -0.39 is 0 Å². The van der Waals surface area contributed by atoms with E-state index in [-0.39, 0.29) is 0 Å². The molecule has 0 bridgehead atoms. The maximum Gasteiger partial charge on any atom is 0.226 e. The highest BCUT2D eigenvalue weighted by Crippen LogP contribution is 2.11. The highest BCUT2D eigenvalue weighted by Gasteiger charge is 2.00. The van der Waals surface area contributed by atoms with Gasteiger partial charge in [0.25, 0.3) is 0 Å². The van der Waals surface area contributed by atoms with Crippen LogP contribution in [-0.4, -0.2) is 17.1 Å². The van der Waals surface area contributed by atoms with Crippen LogP contribution in [0.1, 0.15) is 11.1 Å². The van der Waals surface area contributed by atoms with Crippen molar-refractivity contribution in [3.05, 3.63) is 47.7 Å². The summed E-state index contributed by atoms with van der Waals surface area (Å²) in [5, 5.41) is 3.17. The minimum absolute atomic E-state index is 0.562. The first kappa shape index (κ1) is 11.4. The van der Waals surface area contributed by atoms with Gasteiger partial charge in [-0.3, -0.25) is 0 Å². The second-order valence-corrected chi connectivity index (χ2v) is 3.70. The minimum Gasteiger partial charge on any atom is -0.481 e. The Kier molecular flexibility index (Phi) is 3.55. The Labute approximate surface area is 101 Å². The van der Waals surface area contributed by atoms with E-state index in [0.29, 0.717) is 18.4 Å². The molecule has 0 atom stereocenters. The second-order valence-electron chi connectivity index (χ2n) is 3.70. The molecule has 1 aromatic carbocycles. The SMILES string of the molecule is COc1ccnc(NCc2ccccc2C)n1. The second kappa shape index (κ2) is 5.30. The predicted octanol–water partition coefficient (Wildman–Crippen LogP) is 2.41. The van der Waals surface area contributed by atoms with Crippen LogP contribution in [0.4, 0.5) is 5.95 Å². The summed E-state index contributed by atoms with van der Waals surface area (Å²) < 4.78 is 5.04. The van der Waals surface area contributed by atoms with Gasteiger partial charge in [0.2, 0.25) is 11.8 Å². The van der Waals surface area contributed by atoms with Gasteiger partial charge >= 0.3 is 0 Å². The van der Waals surface area contributed by atoms with Crippen molar-refractivity contribution in [2.24, 2.45) is 0 Å². The van der Waals surface area contributed by atoms with Gasteiger partial charge in [0, 0.05) is 18.8 Å². The van der Waals surface area contributed by atoms with Gasteiger partial charge in [0.15, 0.2) is 0 Å². The lowest BCUT2D eigenvalue weighted by atomic mass is 10.1. The van der Waals surface area contributed by atoms with E-state index in [9.17, 15) is 0 Å². The van der Waals surface area contributed by atoms with E-state index in [4.69, 9.17) is 4.74 Å². The Morgan fingerprint density at radius 1 is 1.24 bits per heavy atom. The van der Waals surface area contributed by atoms with Gasteiger partial charge in [-0.15, -0.1) is 0 Å². The maximum absolute atomic E-state index is 5.04. The molecule has 4 nitrogen and oxygen atoms in total. The molecule has 0 aliphatic carbocycles. The number of aromatic nitrogens is 2. The fraction of sp³-hybridized carbons (Fsp3) is 0.231. The third-order valence-corrected chi connectivity index (χ3v) is 2.54. The molecule has 0 radical (unpaired) electrons. The van der Waals surface area contributed by atoms with Crippen molar-refractivity contribution in [3.8, 4) is 5.88 Å². The van der Waals surface area contributed by atoms with Crippen LogP contribution in [-0.2, 0) is 6.54 Å². The molecule has 0 amide bonds.